The number of fused-ring (bicyclic) bond motifs is 1. The van der Waals surface area contributed by atoms with Gasteiger partial charge in [0.25, 0.3) is 0 Å². The number of aliphatic imine (C=N–C) groups is 1. The first kappa shape index (κ1) is 23.1. The van der Waals surface area contributed by atoms with Crippen LogP contribution in [0, 0.1) is 17.7 Å². The van der Waals surface area contributed by atoms with Gasteiger partial charge in [-0.2, -0.15) is 5.10 Å². The fraction of sp³-hybridized carbons (Fsp3) is 0.241. The predicted octanol–water partition coefficient (Wildman–Crippen LogP) is 5.27. The molecule has 2 amide bonds. The van der Waals surface area contributed by atoms with Crippen molar-refractivity contribution in [3.63, 3.8) is 0 Å². The van der Waals surface area contributed by atoms with E-state index in [9.17, 15) is 14.0 Å². The minimum Gasteiger partial charge on any atom is -0.497 e. The minimum atomic E-state index is -0.344. The van der Waals surface area contributed by atoms with Crippen LogP contribution in [0.5, 0.6) is 5.75 Å². The summed E-state index contributed by atoms with van der Waals surface area (Å²) < 4.78 is 20.6. The molecule has 1 saturated heterocycles. The number of halogens is 1. The maximum absolute atomic E-state index is 13.4. The molecule has 2 unspecified atom stereocenters. The lowest BCUT2D eigenvalue weighted by atomic mass is 9.94. The highest BCUT2D eigenvalue weighted by Crippen LogP contribution is 2.42. The van der Waals surface area contributed by atoms with Crippen molar-refractivity contribution in [1.29, 1.82) is 0 Å². The van der Waals surface area contributed by atoms with Crippen LogP contribution in [0.4, 0.5) is 10.1 Å². The lowest BCUT2D eigenvalue weighted by molar-refractivity contribution is -0.119. The monoisotopic (exact) mass is 496 g/mol. The third-order valence-electron chi connectivity index (χ3n) is 7.02. The standard InChI is InChI=1S/C29H25FN4O3/c1-37-25-4-2-3-19(14-25)28-21(16-31-29(36)18-5-6-18)15-27(35)33(28)24-11-12-26-20(13-24)17-32-34(26)23-9-7-22(30)8-10-23/h2-4,7-14,16-18,21,28H,5-6,15H2,1H3. The quantitative estimate of drug-likeness (QED) is 0.341. The zero-order chi connectivity index (χ0) is 25.5. The zero-order valence-corrected chi connectivity index (χ0v) is 20.3. The van der Waals surface area contributed by atoms with Crippen LogP contribution in [0.25, 0.3) is 16.6 Å². The van der Waals surface area contributed by atoms with Crippen molar-refractivity contribution in [3.05, 3.63) is 84.3 Å². The Labute approximate surface area is 213 Å². The van der Waals surface area contributed by atoms with Crippen LogP contribution in [0.15, 0.2) is 77.9 Å². The third kappa shape index (κ3) is 4.39. The van der Waals surface area contributed by atoms with E-state index in [1.807, 2.05) is 42.5 Å². The summed E-state index contributed by atoms with van der Waals surface area (Å²) in [6, 6.07) is 19.2. The molecule has 2 aliphatic rings. The number of methoxy groups -OCH3 is 1. The van der Waals surface area contributed by atoms with E-state index in [4.69, 9.17) is 4.74 Å². The van der Waals surface area contributed by atoms with Gasteiger partial charge in [-0.25, -0.2) is 14.1 Å². The van der Waals surface area contributed by atoms with Crippen molar-refractivity contribution in [2.75, 3.05) is 12.0 Å². The Morgan fingerprint density at radius 1 is 1.08 bits per heavy atom. The van der Waals surface area contributed by atoms with Gasteiger partial charge in [0.15, 0.2) is 0 Å². The van der Waals surface area contributed by atoms with Crippen LogP contribution in [-0.4, -0.2) is 34.9 Å². The van der Waals surface area contributed by atoms with Gasteiger partial charge in [-0.1, -0.05) is 12.1 Å². The zero-order valence-electron chi connectivity index (χ0n) is 20.3. The Balaban J connectivity index is 1.39. The molecule has 1 aliphatic carbocycles. The summed E-state index contributed by atoms with van der Waals surface area (Å²) in [5.41, 5.74) is 3.22. The molecule has 0 radical (unpaired) electrons. The highest BCUT2D eigenvalue weighted by molar-refractivity contribution is 6.02. The number of hydrogen-bond acceptors (Lipinski definition) is 4. The average molecular weight is 497 g/mol. The van der Waals surface area contributed by atoms with Gasteiger partial charge in [0.2, 0.25) is 11.8 Å². The molecule has 1 aromatic heterocycles. The minimum absolute atomic E-state index is 0.0276. The largest absolute Gasteiger partial charge is 0.497 e. The summed E-state index contributed by atoms with van der Waals surface area (Å²) in [6.45, 7) is 0. The van der Waals surface area contributed by atoms with Crippen LogP contribution in [0.3, 0.4) is 0 Å². The Kier molecular flexibility index (Phi) is 5.79. The first-order valence-corrected chi connectivity index (χ1v) is 12.3. The van der Waals surface area contributed by atoms with Crippen molar-refractivity contribution in [2.45, 2.75) is 25.3 Å². The molecule has 8 heteroatoms. The number of ether oxygens (including phenoxy) is 1. The Morgan fingerprint density at radius 3 is 2.62 bits per heavy atom. The number of benzene rings is 3. The van der Waals surface area contributed by atoms with Crippen molar-refractivity contribution in [3.8, 4) is 11.4 Å². The Morgan fingerprint density at radius 2 is 1.86 bits per heavy atom. The van der Waals surface area contributed by atoms with Gasteiger partial charge in [0.05, 0.1) is 30.6 Å². The highest BCUT2D eigenvalue weighted by atomic mass is 19.1. The first-order chi connectivity index (χ1) is 18.0. The molecule has 0 spiro atoms. The smallest absolute Gasteiger partial charge is 0.248 e. The second kappa shape index (κ2) is 9.28. The van der Waals surface area contributed by atoms with E-state index in [1.165, 1.54) is 12.1 Å². The van der Waals surface area contributed by atoms with E-state index in [1.54, 1.807) is 41.2 Å². The van der Waals surface area contributed by atoms with Gasteiger partial charge in [-0.3, -0.25) is 9.59 Å². The van der Waals surface area contributed by atoms with Crippen LogP contribution in [0.2, 0.25) is 0 Å². The summed E-state index contributed by atoms with van der Waals surface area (Å²) in [5.74, 6) is -0.00817. The van der Waals surface area contributed by atoms with Gasteiger partial charge in [0.1, 0.15) is 11.6 Å². The SMILES string of the molecule is COc1cccc(C2C(C=NC(=O)C3CC3)CC(=O)N2c2ccc3c(cnn3-c3ccc(F)cc3)c2)c1. The summed E-state index contributed by atoms with van der Waals surface area (Å²) in [4.78, 5) is 31.7. The number of amides is 2. The molecule has 4 aromatic rings. The lowest BCUT2D eigenvalue weighted by Gasteiger charge is -2.28. The third-order valence-corrected chi connectivity index (χ3v) is 7.02. The molecule has 186 valence electrons. The van der Waals surface area contributed by atoms with Crippen molar-refractivity contribution in [2.24, 2.45) is 16.8 Å². The summed E-state index contributed by atoms with van der Waals surface area (Å²) >= 11 is 0. The van der Waals surface area contributed by atoms with Crippen LogP contribution in [0.1, 0.15) is 30.9 Å². The topological polar surface area (TPSA) is 76.8 Å². The molecule has 7 nitrogen and oxygen atoms in total. The fourth-order valence-corrected chi connectivity index (χ4v) is 4.98. The van der Waals surface area contributed by atoms with Crippen LogP contribution >= 0.6 is 0 Å². The predicted molar refractivity (Wildman–Crippen MR) is 139 cm³/mol. The summed E-state index contributed by atoms with van der Waals surface area (Å²) in [5, 5.41) is 5.33. The van der Waals surface area contributed by atoms with Crippen molar-refractivity contribution in [1.82, 2.24) is 9.78 Å². The van der Waals surface area contributed by atoms with Gasteiger partial charge in [0, 0.05) is 35.5 Å². The van der Waals surface area contributed by atoms with E-state index < -0.39 is 0 Å². The van der Waals surface area contributed by atoms with Crippen molar-refractivity contribution >= 4 is 34.6 Å². The molecule has 6 rings (SSSR count). The average Bonchev–Trinajstić information content (AvgIpc) is 3.61. The maximum Gasteiger partial charge on any atom is 0.248 e. The maximum atomic E-state index is 13.4. The normalized spacial score (nSPS) is 19.7. The van der Waals surface area contributed by atoms with E-state index >= 15 is 0 Å². The lowest BCUT2D eigenvalue weighted by Crippen LogP contribution is -2.29. The molecular weight excluding hydrogens is 471 g/mol. The van der Waals surface area contributed by atoms with E-state index in [-0.39, 0.29) is 41.9 Å². The number of hydrogen-bond donors (Lipinski definition) is 0. The van der Waals surface area contributed by atoms with Gasteiger partial charge >= 0.3 is 0 Å². The number of nitrogens with zero attached hydrogens (tertiary/aromatic N) is 4. The van der Waals surface area contributed by atoms with Gasteiger partial charge < -0.3 is 9.64 Å². The van der Waals surface area contributed by atoms with E-state index in [2.05, 4.69) is 10.1 Å². The highest BCUT2D eigenvalue weighted by Gasteiger charge is 2.41. The molecule has 1 aliphatic heterocycles. The molecule has 2 atom stereocenters. The fourth-order valence-electron chi connectivity index (χ4n) is 4.98. The first-order valence-electron chi connectivity index (χ1n) is 12.3. The number of anilines is 1. The molecule has 1 saturated carbocycles. The summed E-state index contributed by atoms with van der Waals surface area (Å²) in [7, 11) is 1.61. The Hall–Kier alpha value is -4.33. The van der Waals surface area contributed by atoms with Gasteiger partial charge in [-0.05, 0) is 73.0 Å². The molecule has 3 aromatic carbocycles. The van der Waals surface area contributed by atoms with Crippen LogP contribution in [-0.2, 0) is 9.59 Å². The molecule has 2 fully saturated rings. The van der Waals surface area contributed by atoms with E-state index in [0.717, 1.165) is 40.7 Å². The van der Waals surface area contributed by atoms with Gasteiger partial charge in [-0.15, -0.1) is 0 Å². The molecular formula is C29H25FN4O3. The molecule has 0 bridgehead atoms. The summed E-state index contributed by atoms with van der Waals surface area (Å²) in [6.07, 6.45) is 5.41. The second-order valence-corrected chi connectivity index (χ2v) is 9.52. The molecule has 0 N–H and O–H groups in total. The number of rotatable bonds is 6. The number of carbonyl (C=O) groups is 2. The van der Waals surface area contributed by atoms with E-state index in [0.29, 0.717) is 5.75 Å². The molecule has 37 heavy (non-hydrogen) atoms. The number of aromatic nitrogens is 2. The molecule has 2 heterocycles. The Bertz CT molecular complexity index is 1520. The number of carbonyl (C=O) groups excluding carboxylic acids is 2. The second-order valence-electron chi connectivity index (χ2n) is 9.52. The van der Waals surface area contributed by atoms with Crippen molar-refractivity contribution < 1.29 is 18.7 Å². The van der Waals surface area contributed by atoms with Crippen LogP contribution < -0.4 is 9.64 Å².